The van der Waals surface area contributed by atoms with Gasteiger partial charge in [-0.2, -0.15) is 0 Å². The molecule has 0 saturated carbocycles. The maximum Gasteiger partial charge on any atom is 0.338 e. The molecule has 1 N–H and O–H groups in total. The van der Waals surface area contributed by atoms with Gasteiger partial charge in [0.15, 0.2) is 27.8 Å². The lowest BCUT2D eigenvalue weighted by atomic mass is 9.95. The van der Waals surface area contributed by atoms with Gasteiger partial charge < -0.3 is 24.1 Å². The molecule has 0 unspecified atom stereocenters. The van der Waals surface area contributed by atoms with E-state index in [1.807, 2.05) is 6.92 Å². The number of methoxy groups -OCH3 is 2. The van der Waals surface area contributed by atoms with E-state index >= 15 is 0 Å². The molecule has 0 amide bonds. The van der Waals surface area contributed by atoms with Gasteiger partial charge in [-0.25, -0.2) is 9.79 Å². The number of fused-ring (bicyclic) bond motifs is 1. The fourth-order valence-electron chi connectivity index (χ4n) is 4.17. The van der Waals surface area contributed by atoms with Gasteiger partial charge in [-0.05, 0) is 62.2 Å². The van der Waals surface area contributed by atoms with E-state index in [0.717, 1.165) is 0 Å². The van der Waals surface area contributed by atoms with Gasteiger partial charge >= 0.3 is 5.97 Å². The van der Waals surface area contributed by atoms with Crippen molar-refractivity contribution < 1.29 is 28.8 Å². The number of benzene rings is 2. The van der Waals surface area contributed by atoms with Crippen LogP contribution in [0.3, 0.4) is 0 Å². The Hall–Kier alpha value is -4.05. The number of thiazole rings is 1. The number of aromatic nitrogens is 1. The lowest BCUT2D eigenvalue weighted by molar-refractivity contribution is -0.139. The summed E-state index contributed by atoms with van der Waals surface area (Å²) in [6, 6.07) is 9.35. The first kappa shape index (κ1) is 26.0. The van der Waals surface area contributed by atoms with Crippen molar-refractivity contribution in [2.45, 2.75) is 26.8 Å². The molecular formula is C27H28N2O7S. The molecule has 4 rings (SSSR count). The Balaban J connectivity index is 1.95. The minimum atomic E-state index is -0.781. The van der Waals surface area contributed by atoms with Crippen molar-refractivity contribution in [3.05, 3.63) is 78.5 Å². The fraction of sp³-hybridized carbons (Fsp3) is 0.296. The van der Waals surface area contributed by atoms with Crippen molar-refractivity contribution in [1.29, 1.82) is 0 Å². The topological polar surface area (TPSA) is 109 Å². The average Bonchev–Trinajstić information content (AvgIpc) is 3.18. The first-order valence-corrected chi connectivity index (χ1v) is 12.5. The quantitative estimate of drug-likeness (QED) is 0.452. The first-order chi connectivity index (χ1) is 17.8. The number of aromatic hydroxyl groups is 1. The minimum Gasteiger partial charge on any atom is -0.504 e. The normalized spacial score (nSPS) is 15.2. The number of carbonyl (C=O) groups excluding carboxylic acids is 1. The third-order valence-corrected chi connectivity index (χ3v) is 6.80. The summed E-state index contributed by atoms with van der Waals surface area (Å²) >= 11 is 1.21. The number of hydrogen-bond donors (Lipinski definition) is 1. The number of hydrogen-bond acceptors (Lipinski definition) is 9. The van der Waals surface area contributed by atoms with E-state index in [1.54, 1.807) is 57.4 Å². The standard InChI is InChI=1S/C27H28N2O7S/c1-6-35-21-14-17(9-11-19(21)33-4)24-23(26(32)36-7-2)15(3)28-27-29(24)25(31)22(37-27)13-16-8-10-18(30)20(12-16)34-5/h8-14,24,30H,6-7H2,1-5H3/t24-/m1/s1. The van der Waals surface area contributed by atoms with E-state index in [-0.39, 0.29) is 23.5 Å². The third-order valence-electron chi connectivity index (χ3n) is 5.82. The van der Waals surface area contributed by atoms with E-state index in [2.05, 4.69) is 4.99 Å². The molecule has 0 aliphatic carbocycles. The SMILES string of the molecule is CCOC(=O)C1=C(C)N=c2sc(=Cc3ccc(O)c(OC)c3)c(=O)n2[C@@H]1c1ccc(OC)c(OCC)c1. The summed E-state index contributed by atoms with van der Waals surface area (Å²) in [6.07, 6.45) is 1.70. The van der Waals surface area contributed by atoms with Crippen LogP contribution in [0.5, 0.6) is 23.0 Å². The Morgan fingerprint density at radius 1 is 1.08 bits per heavy atom. The van der Waals surface area contributed by atoms with E-state index in [1.165, 1.54) is 29.1 Å². The van der Waals surface area contributed by atoms with Gasteiger partial charge in [0, 0.05) is 0 Å². The van der Waals surface area contributed by atoms with Crippen molar-refractivity contribution in [3.63, 3.8) is 0 Å². The zero-order valence-electron chi connectivity index (χ0n) is 21.2. The molecule has 2 heterocycles. The molecule has 1 aromatic heterocycles. The van der Waals surface area contributed by atoms with Gasteiger partial charge in [-0.15, -0.1) is 0 Å². The summed E-state index contributed by atoms with van der Waals surface area (Å²) in [5, 5.41) is 9.92. The maximum absolute atomic E-state index is 13.8. The average molecular weight is 525 g/mol. The molecule has 194 valence electrons. The van der Waals surface area contributed by atoms with Crippen molar-refractivity contribution >= 4 is 23.4 Å². The summed E-state index contributed by atoms with van der Waals surface area (Å²) in [7, 11) is 3.00. The second kappa shape index (κ2) is 10.9. The van der Waals surface area contributed by atoms with Crippen molar-refractivity contribution in [2.75, 3.05) is 27.4 Å². The maximum atomic E-state index is 13.8. The Labute approximate surface area is 217 Å². The second-order valence-corrected chi connectivity index (χ2v) is 9.09. The predicted octanol–water partition coefficient (Wildman–Crippen LogP) is 2.92. The summed E-state index contributed by atoms with van der Waals surface area (Å²) < 4.78 is 23.6. The molecule has 2 aromatic carbocycles. The molecule has 37 heavy (non-hydrogen) atoms. The highest BCUT2D eigenvalue weighted by Gasteiger charge is 2.34. The van der Waals surface area contributed by atoms with Crippen LogP contribution in [0.4, 0.5) is 0 Å². The fourth-order valence-corrected chi connectivity index (χ4v) is 5.22. The smallest absolute Gasteiger partial charge is 0.338 e. The lowest BCUT2D eigenvalue weighted by Gasteiger charge is -2.25. The van der Waals surface area contributed by atoms with Crippen LogP contribution in [0.1, 0.15) is 37.9 Å². The summed E-state index contributed by atoms with van der Waals surface area (Å²) in [5.41, 5.74) is 1.75. The van der Waals surface area contributed by atoms with Crippen LogP contribution in [0.25, 0.3) is 6.08 Å². The molecule has 1 aliphatic heterocycles. The van der Waals surface area contributed by atoms with Gasteiger partial charge in [0.2, 0.25) is 0 Å². The number of phenolic OH excluding ortho intramolecular Hbond substituents is 1. The van der Waals surface area contributed by atoms with Crippen molar-refractivity contribution in [3.8, 4) is 23.0 Å². The van der Waals surface area contributed by atoms with Crippen molar-refractivity contribution in [1.82, 2.24) is 4.57 Å². The molecule has 0 fully saturated rings. The summed E-state index contributed by atoms with van der Waals surface area (Å²) in [5.74, 6) is 0.790. The molecule has 10 heteroatoms. The second-order valence-electron chi connectivity index (χ2n) is 8.08. The van der Waals surface area contributed by atoms with Crippen LogP contribution in [-0.2, 0) is 9.53 Å². The summed E-state index contributed by atoms with van der Waals surface area (Å²) in [4.78, 5) is 31.9. The number of rotatable bonds is 8. The van der Waals surface area contributed by atoms with E-state index in [4.69, 9.17) is 18.9 Å². The van der Waals surface area contributed by atoms with Crippen LogP contribution in [0.15, 0.2) is 57.5 Å². The number of phenols is 1. The Bertz CT molecular complexity index is 1550. The Morgan fingerprint density at radius 3 is 2.51 bits per heavy atom. The van der Waals surface area contributed by atoms with Crippen LogP contribution < -0.4 is 29.1 Å². The first-order valence-electron chi connectivity index (χ1n) is 11.7. The number of ether oxygens (including phenoxy) is 4. The van der Waals surface area contributed by atoms with Gasteiger partial charge in [-0.1, -0.05) is 23.5 Å². The van der Waals surface area contributed by atoms with Crippen LogP contribution in [0.2, 0.25) is 0 Å². The molecule has 0 radical (unpaired) electrons. The number of allylic oxidation sites excluding steroid dienone is 1. The molecule has 3 aromatic rings. The third kappa shape index (κ3) is 4.97. The van der Waals surface area contributed by atoms with Gasteiger partial charge in [0.1, 0.15) is 0 Å². The zero-order valence-corrected chi connectivity index (χ0v) is 22.0. The zero-order chi connectivity index (χ0) is 26.7. The highest BCUT2D eigenvalue weighted by atomic mass is 32.1. The lowest BCUT2D eigenvalue weighted by Crippen LogP contribution is -2.40. The monoisotopic (exact) mass is 524 g/mol. The van der Waals surface area contributed by atoms with E-state index in [9.17, 15) is 14.7 Å². The van der Waals surface area contributed by atoms with E-state index < -0.39 is 12.0 Å². The largest absolute Gasteiger partial charge is 0.504 e. The molecule has 9 nitrogen and oxygen atoms in total. The minimum absolute atomic E-state index is 0.000390. The molecule has 0 bridgehead atoms. The number of carbonyl (C=O) groups is 1. The van der Waals surface area contributed by atoms with Crippen LogP contribution in [-0.4, -0.2) is 43.1 Å². The molecular weight excluding hydrogens is 496 g/mol. The molecule has 0 spiro atoms. The molecule has 1 aliphatic rings. The molecule has 0 saturated heterocycles. The number of esters is 1. The van der Waals surface area contributed by atoms with Gasteiger partial charge in [0.05, 0.1) is 49.3 Å². The Morgan fingerprint density at radius 2 is 1.84 bits per heavy atom. The highest BCUT2D eigenvalue weighted by molar-refractivity contribution is 7.07. The summed E-state index contributed by atoms with van der Waals surface area (Å²) in [6.45, 7) is 5.92. The molecule has 1 atom stereocenters. The van der Waals surface area contributed by atoms with Crippen molar-refractivity contribution in [2.24, 2.45) is 4.99 Å². The van der Waals surface area contributed by atoms with Crippen LogP contribution in [0, 0.1) is 0 Å². The van der Waals surface area contributed by atoms with Gasteiger partial charge in [0.25, 0.3) is 5.56 Å². The highest BCUT2D eigenvalue weighted by Crippen LogP contribution is 2.36. The van der Waals surface area contributed by atoms with E-state index in [0.29, 0.717) is 50.0 Å². The van der Waals surface area contributed by atoms with Crippen LogP contribution >= 0.6 is 11.3 Å². The Kier molecular flexibility index (Phi) is 7.68. The van der Waals surface area contributed by atoms with Gasteiger partial charge in [-0.3, -0.25) is 9.36 Å². The number of nitrogens with zero attached hydrogens (tertiary/aromatic N) is 2. The predicted molar refractivity (Wildman–Crippen MR) is 139 cm³/mol.